The number of amides is 1. The van der Waals surface area contributed by atoms with Gasteiger partial charge >= 0.3 is 171 Å². The molecule has 1 aliphatic rings. The quantitative estimate of drug-likeness (QED) is 0.288. The maximum absolute atomic E-state index is 13.4. The van der Waals surface area contributed by atoms with Gasteiger partial charge in [0.25, 0.3) is 0 Å². The molecule has 1 atom stereocenters. The summed E-state index contributed by atoms with van der Waals surface area (Å²) in [5.41, 5.74) is 2.69. The van der Waals surface area contributed by atoms with Crippen LogP contribution in [0.25, 0.3) is 0 Å². The number of aldehydes is 1. The third-order valence-electron chi connectivity index (χ3n) is 6.02. The molecular weight excluding hydrogens is 389 g/mol. The van der Waals surface area contributed by atoms with Crippen LogP contribution < -0.4 is 5.32 Å². The van der Waals surface area contributed by atoms with Crippen molar-refractivity contribution < 1.29 is 14.4 Å². The van der Waals surface area contributed by atoms with Crippen molar-refractivity contribution in [2.75, 3.05) is 17.6 Å². The van der Waals surface area contributed by atoms with Crippen LogP contribution in [0, 0.1) is 6.92 Å². The molecule has 1 aromatic carbocycles. The molecule has 1 amide bonds. The molecule has 1 fully saturated rings. The standard InChI is InChI=1S/C22H28NO3PS/c1-3-19(22(26)23-20-16(2)15-28-21(20)18(25)13-24)27(11-7-8-12-27)14-17-9-5-4-6-10-17/h4-6,9-10,13,15,19,27H,3,7-8,11-12,14H2,1-2H3,(H,23,26). The van der Waals surface area contributed by atoms with E-state index in [1.165, 1.54) is 42.1 Å². The zero-order chi connectivity index (χ0) is 20.1. The topological polar surface area (TPSA) is 63.2 Å². The van der Waals surface area contributed by atoms with Gasteiger partial charge in [0.05, 0.1) is 0 Å². The third-order valence-corrected chi connectivity index (χ3v) is 13.1. The molecule has 28 heavy (non-hydrogen) atoms. The van der Waals surface area contributed by atoms with Gasteiger partial charge in [0.2, 0.25) is 0 Å². The Morgan fingerprint density at radius 3 is 2.50 bits per heavy atom. The van der Waals surface area contributed by atoms with Gasteiger partial charge in [-0.3, -0.25) is 0 Å². The van der Waals surface area contributed by atoms with E-state index < -0.39 is 13.0 Å². The van der Waals surface area contributed by atoms with E-state index in [1.54, 1.807) is 0 Å². The van der Waals surface area contributed by atoms with E-state index in [0.717, 1.165) is 18.1 Å². The van der Waals surface area contributed by atoms with Crippen LogP contribution in [0.4, 0.5) is 5.69 Å². The number of hydrogen-bond acceptors (Lipinski definition) is 4. The number of rotatable bonds is 8. The summed E-state index contributed by atoms with van der Waals surface area (Å²) in [6.07, 6.45) is 6.92. The SMILES string of the molecule is CCC(C(=O)Nc1c(C)csc1C(=O)C=O)[PH]1(Cc2ccccc2)CCCC1. The van der Waals surface area contributed by atoms with Gasteiger partial charge in [-0.05, 0) is 0 Å². The Kier molecular flexibility index (Phi) is 6.79. The molecular formula is C22H28NO3PS. The van der Waals surface area contributed by atoms with Crippen LogP contribution >= 0.6 is 18.6 Å². The fourth-order valence-corrected chi connectivity index (χ4v) is 11.6. The molecule has 3 rings (SSSR count). The van der Waals surface area contributed by atoms with E-state index in [9.17, 15) is 14.4 Å². The normalized spacial score (nSPS) is 17.6. The van der Waals surface area contributed by atoms with Gasteiger partial charge in [-0.25, -0.2) is 0 Å². The first-order chi connectivity index (χ1) is 13.5. The zero-order valence-corrected chi connectivity index (χ0v) is 18.3. The second-order valence-corrected chi connectivity index (χ2v) is 13.4. The van der Waals surface area contributed by atoms with Gasteiger partial charge in [-0.15, -0.1) is 0 Å². The molecule has 0 saturated carbocycles. The Morgan fingerprint density at radius 1 is 1.21 bits per heavy atom. The Labute approximate surface area is 171 Å². The number of nitrogens with one attached hydrogen (secondary N) is 1. The molecule has 1 N–H and O–H groups in total. The zero-order valence-electron chi connectivity index (χ0n) is 16.5. The molecule has 6 heteroatoms. The number of anilines is 1. The fourth-order valence-electron chi connectivity index (χ4n) is 4.67. The summed E-state index contributed by atoms with van der Waals surface area (Å²) in [6.45, 7) is 3.96. The maximum atomic E-state index is 13.4. The summed E-state index contributed by atoms with van der Waals surface area (Å²) in [5.74, 6) is -0.549. The fraction of sp³-hybridized carbons (Fsp3) is 0.409. The van der Waals surface area contributed by atoms with Crippen LogP contribution in [-0.2, 0) is 15.8 Å². The molecule has 1 aliphatic heterocycles. The molecule has 1 unspecified atom stereocenters. The van der Waals surface area contributed by atoms with Crippen LogP contribution in [0.15, 0.2) is 35.7 Å². The third kappa shape index (κ3) is 4.26. The molecule has 2 aromatic rings. The number of carbonyl (C=O) groups excluding carboxylic acids is 3. The van der Waals surface area contributed by atoms with E-state index >= 15 is 0 Å². The first-order valence-corrected chi connectivity index (χ1v) is 13.5. The van der Waals surface area contributed by atoms with Gasteiger partial charge < -0.3 is 0 Å². The Balaban J connectivity index is 1.87. The summed E-state index contributed by atoms with van der Waals surface area (Å²) in [7, 11) is -1.83. The predicted octanol–water partition coefficient (Wildman–Crippen LogP) is 4.90. The molecule has 0 bridgehead atoms. The van der Waals surface area contributed by atoms with Gasteiger partial charge in [-0.1, -0.05) is 0 Å². The first-order valence-electron chi connectivity index (χ1n) is 9.93. The van der Waals surface area contributed by atoms with E-state index in [2.05, 4.69) is 36.5 Å². The van der Waals surface area contributed by atoms with Crippen molar-refractivity contribution in [3.63, 3.8) is 0 Å². The number of benzene rings is 1. The Bertz CT molecular complexity index is 856. The molecule has 0 aliphatic carbocycles. The van der Waals surface area contributed by atoms with Crippen molar-refractivity contribution in [1.29, 1.82) is 0 Å². The van der Waals surface area contributed by atoms with Crippen LogP contribution in [0.2, 0.25) is 0 Å². The second kappa shape index (κ2) is 9.11. The van der Waals surface area contributed by atoms with Crippen LogP contribution in [-0.4, -0.2) is 36.0 Å². The van der Waals surface area contributed by atoms with Gasteiger partial charge in [0.1, 0.15) is 0 Å². The van der Waals surface area contributed by atoms with E-state index in [4.69, 9.17) is 0 Å². The average Bonchev–Trinajstić information content (AvgIpc) is 3.30. The molecule has 2 heterocycles. The molecule has 0 radical (unpaired) electrons. The predicted molar refractivity (Wildman–Crippen MR) is 120 cm³/mol. The number of Topliss-reactive ketones (excluding diaryl/α,β-unsaturated/α-hetero) is 1. The van der Waals surface area contributed by atoms with Crippen LogP contribution in [0.1, 0.15) is 47.0 Å². The Morgan fingerprint density at radius 2 is 1.89 bits per heavy atom. The number of hydrogen-bond donors (Lipinski definition) is 1. The van der Waals surface area contributed by atoms with Gasteiger partial charge in [0.15, 0.2) is 0 Å². The van der Waals surface area contributed by atoms with E-state index in [0.29, 0.717) is 16.9 Å². The summed E-state index contributed by atoms with van der Waals surface area (Å²) in [4.78, 5) is 36.6. The Hall–Kier alpha value is -1.84. The van der Waals surface area contributed by atoms with Gasteiger partial charge in [0, 0.05) is 0 Å². The summed E-state index contributed by atoms with van der Waals surface area (Å²) < 4.78 is 0. The van der Waals surface area contributed by atoms with Crippen LogP contribution in [0.5, 0.6) is 0 Å². The first kappa shape index (κ1) is 20.9. The average molecular weight is 418 g/mol. The van der Waals surface area contributed by atoms with E-state index in [-0.39, 0.29) is 11.6 Å². The van der Waals surface area contributed by atoms with Crippen molar-refractivity contribution in [2.45, 2.75) is 44.9 Å². The van der Waals surface area contributed by atoms with Crippen molar-refractivity contribution in [3.8, 4) is 0 Å². The monoisotopic (exact) mass is 417 g/mol. The molecule has 1 aromatic heterocycles. The second-order valence-electron chi connectivity index (χ2n) is 7.79. The van der Waals surface area contributed by atoms with Crippen molar-refractivity contribution in [2.24, 2.45) is 0 Å². The number of ketones is 1. The minimum atomic E-state index is -1.83. The number of thiophene rings is 1. The summed E-state index contributed by atoms with van der Waals surface area (Å²) in [5, 5.41) is 4.86. The van der Waals surface area contributed by atoms with Crippen LogP contribution in [0.3, 0.4) is 0 Å². The summed E-state index contributed by atoms with van der Waals surface area (Å²) in [6, 6.07) is 10.5. The van der Waals surface area contributed by atoms with Crippen molar-refractivity contribution in [3.05, 3.63) is 51.7 Å². The number of aryl methyl sites for hydroxylation is 1. The van der Waals surface area contributed by atoms with E-state index in [1.807, 2.05) is 18.4 Å². The molecule has 4 nitrogen and oxygen atoms in total. The van der Waals surface area contributed by atoms with Gasteiger partial charge in [-0.2, -0.15) is 0 Å². The molecule has 0 spiro atoms. The number of carbonyl (C=O) groups is 3. The molecule has 1 saturated heterocycles. The molecule has 150 valence electrons. The summed E-state index contributed by atoms with van der Waals surface area (Å²) >= 11 is 1.22. The minimum absolute atomic E-state index is 0.00805. The van der Waals surface area contributed by atoms with Crippen molar-refractivity contribution >= 4 is 42.3 Å². The van der Waals surface area contributed by atoms with Crippen molar-refractivity contribution in [1.82, 2.24) is 0 Å².